The van der Waals surface area contributed by atoms with Gasteiger partial charge in [-0.2, -0.15) is 0 Å². The van der Waals surface area contributed by atoms with Crippen LogP contribution in [-0.4, -0.2) is 36.2 Å². The van der Waals surface area contributed by atoms with Gasteiger partial charge in [-0.25, -0.2) is 4.39 Å². The number of thiophene rings is 1. The van der Waals surface area contributed by atoms with Crippen molar-refractivity contribution in [1.29, 1.82) is 0 Å². The van der Waals surface area contributed by atoms with Gasteiger partial charge < -0.3 is 5.32 Å². The number of nitrogens with one attached hydrogen (secondary N) is 1. The van der Waals surface area contributed by atoms with E-state index < -0.39 is 0 Å². The highest BCUT2D eigenvalue weighted by Crippen LogP contribution is 2.29. The molecular formula is C20H25FN2OS2. The number of benzene rings is 1. The van der Waals surface area contributed by atoms with Crippen molar-refractivity contribution in [3.63, 3.8) is 0 Å². The Morgan fingerprint density at radius 1 is 1.31 bits per heavy atom. The van der Waals surface area contributed by atoms with Crippen LogP contribution in [0, 0.1) is 11.7 Å². The maximum absolute atomic E-state index is 13.7. The van der Waals surface area contributed by atoms with Crippen LogP contribution in [-0.2, 0) is 4.79 Å². The number of thioether (sulfide) groups is 1. The smallest absolute Gasteiger partial charge is 0.230 e. The molecule has 3 rings (SSSR count). The summed E-state index contributed by atoms with van der Waals surface area (Å²) in [6, 6.07) is 11.0. The predicted molar refractivity (Wildman–Crippen MR) is 107 cm³/mol. The van der Waals surface area contributed by atoms with E-state index in [-0.39, 0.29) is 23.5 Å². The molecule has 0 aliphatic carbocycles. The van der Waals surface area contributed by atoms with Crippen molar-refractivity contribution in [3.05, 3.63) is 52.5 Å². The first-order valence-corrected chi connectivity index (χ1v) is 10.9. The molecule has 1 amide bonds. The summed E-state index contributed by atoms with van der Waals surface area (Å²) in [5, 5.41) is 5.14. The van der Waals surface area contributed by atoms with Crippen LogP contribution in [0.4, 0.5) is 4.39 Å². The molecule has 2 heterocycles. The van der Waals surface area contributed by atoms with E-state index in [1.54, 1.807) is 29.5 Å². The molecule has 1 N–H and O–H groups in total. The van der Waals surface area contributed by atoms with Crippen molar-refractivity contribution in [2.24, 2.45) is 5.92 Å². The summed E-state index contributed by atoms with van der Waals surface area (Å²) in [5.41, 5.74) is 0. The second-order valence-corrected chi connectivity index (χ2v) is 8.77. The Morgan fingerprint density at radius 2 is 2.08 bits per heavy atom. The summed E-state index contributed by atoms with van der Waals surface area (Å²) < 4.78 is 13.7. The number of hydrogen-bond acceptors (Lipinski definition) is 4. The maximum Gasteiger partial charge on any atom is 0.230 e. The Labute approximate surface area is 163 Å². The lowest BCUT2D eigenvalue weighted by Gasteiger charge is -2.36. The predicted octanol–water partition coefficient (Wildman–Crippen LogP) is 4.57. The molecule has 26 heavy (non-hydrogen) atoms. The number of carbonyl (C=O) groups is 1. The molecule has 1 aliphatic heterocycles. The van der Waals surface area contributed by atoms with Gasteiger partial charge in [0.1, 0.15) is 5.82 Å². The molecule has 0 radical (unpaired) electrons. The highest BCUT2D eigenvalue weighted by Gasteiger charge is 2.25. The Bertz CT molecular complexity index is 700. The number of piperidine rings is 1. The Kier molecular flexibility index (Phi) is 7.11. The van der Waals surface area contributed by atoms with E-state index in [0.717, 1.165) is 19.0 Å². The Balaban J connectivity index is 1.54. The van der Waals surface area contributed by atoms with Gasteiger partial charge in [-0.15, -0.1) is 23.1 Å². The second kappa shape index (κ2) is 9.53. The molecule has 1 fully saturated rings. The van der Waals surface area contributed by atoms with Crippen molar-refractivity contribution >= 4 is 29.0 Å². The molecule has 140 valence electrons. The number of halogens is 1. The third kappa shape index (κ3) is 5.32. The van der Waals surface area contributed by atoms with Gasteiger partial charge in [0.05, 0.1) is 11.8 Å². The third-order valence-electron chi connectivity index (χ3n) is 4.82. The highest BCUT2D eigenvalue weighted by atomic mass is 32.2. The first-order valence-electron chi connectivity index (χ1n) is 9.05. The van der Waals surface area contributed by atoms with Gasteiger partial charge in [0, 0.05) is 16.3 Å². The van der Waals surface area contributed by atoms with Gasteiger partial charge in [-0.3, -0.25) is 9.69 Å². The zero-order chi connectivity index (χ0) is 18.4. The minimum atomic E-state index is -0.274. The van der Waals surface area contributed by atoms with E-state index in [1.165, 1.54) is 35.5 Å². The van der Waals surface area contributed by atoms with E-state index in [2.05, 4.69) is 34.7 Å². The fourth-order valence-electron chi connectivity index (χ4n) is 3.20. The average Bonchev–Trinajstić information content (AvgIpc) is 3.17. The van der Waals surface area contributed by atoms with Crippen LogP contribution >= 0.6 is 23.1 Å². The minimum absolute atomic E-state index is 0.0508. The number of nitrogens with zero attached hydrogens (tertiary/aromatic N) is 1. The largest absolute Gasteiger partial charge is 0.353 e. The number of rotatable bonds is 7. The van der Waals surface area contributed by atoms with Gasteiger partial charge in [0.25, 0.3) is 0 Å². The van der Waals surface area contributed by atoms with Gasteiger partial charge in [-0.1, -0.05) is 25.1 Å². The van der Waals surface area contributed by atoms with Crippen molar-refractivity contribution in [1.82, 2.24) is 10.2 Å². The lowest BCUT2D eigenvalue weighted by molar-refractivity contribution is -0.118. The van der Waals surface area contributed by atoms with Gasteiger partial charge in [0.15, 0.2) is 0 Å². The number of hydrogen-bond donors (Lipinski definition) is 1. The molecule has 1 saturated heterocycles. The van der Waals surface area contributed by atoms with E-state index in [4.69, 9.17) is 0 Å². The molecule has 2 aromatic rings. The Morgan fingerprint density at radius 3 is 2.77 bits per heavy atom. The molecule has 0 bridgehead atoms. The quantitative estimate of drug-likeness (QED) is 0.701. The highest BCUT2D eigenvalue weighted by molar-refractivity contribution is 8.00. The molecule has 0 saturated carbocycles. The van der Waals surface area contributed by atoms with E-state index in [0.29, 0.717) is 11.4 Å². The van der Waals surface area contributed by atoms with E-state index >= 15 is 0 Å². The average molecular weight is 393 g/mol. The first-order chi connectivity index (χ1) is 12.6. The molecule has 6 heteroatoms. The first kappa shape index (κ1) is 19.4. The number of amides is 1. The summed E-state index contributed by atoms with van der Waals surface area (Å²) in [5.74, 6) is 0.686. The monoisotopic (exact) mass is 392 g/mol. The van der Waals surface area contributed by atoms with Crippen molar-refractivity contribution in [2.45, 2.75) is 30.7 Å². The molecule has 1 atom stereocenters. The minimum Gasteiger partial charge on any atom is -0.353 e. The molecule has 1 unspecified atom stereocenters. The fourth-order valence-corrected chi connectivity index (χ4v) is 4.83. The SMILES string of the molecule is CC1CCN(C(CNC(=O)CSc2ccccc2F)c2cccs2)CC1. The lowest BCUT2D eigenvalue weighted by atomic mass is 9.97. The summed E-state index contributed by atoms with van der Waals surface area (Å²) in [6.45, 7) is 5.05. The van der Waals surface area contributed by atoms with Crippen molar-refractivity contribution in [2.75, 3.05) is 25.4 Å². The Hall–Kier alpha value is -1.37. The third-order valence-corrected chi connectivity index (χ3v) is 6.84. The molecule has 1 aromatic carbocycles. The summed E-state index contributed by atoms with van der Waals surface area (Å²) >= 11 is 2.98. The van der Waals surface area contributed by atoms with Crippen molar-refractivity contribution < 1.29 is 9.18 Å². The zero-order valence-corrected chi connectivity index (χ0v) is 16.6. The maximum atomic E-state index is 13.7. The number of likely N-dealkylation sites (tertiary alicyclic amines) is 1. The van der Waals surface area contributed by atoms with E-state index in [9.17, 15) is 9.18 Å². The summed E-state index contributed by atoms with van der Waals surface area (Å²) in [4.78, 5) is 16.6. The normalized spacial score (nSPS) is 17.2. The number of carbonyl (C=O) groups excluding carboxylic acids is 1. The fraction of sp³-hybridized carbons (Fsp3) is 0.450. The molecule has 3 nitrogen and oxygen atoms in total. The van der Waals surface area contributed by atoms with Crippen LogP contribution in [0.3, 0.4) is 0 Å². The standard InChI is InChI=1S/C20H25FN2OS2/c1-15-8-10-23(11-9-15)17(19-7-4-12-25-19)13-22-20(24)14-26-18-6-3-2-5-16(18)21/h2-7,12,15,17H,8-11,13-14H2,1H3,(H,22,24). The molecule has 0 spiro atoms. The zero-order valence-electron chi connectivity index (χ0n) is 15.0. The second-order valence-electron chi connectivity index (χ2n) is 6.77. The van der Waals surface area contributed by atoms with Crippen LogP contribution < -0.4 is 5.32 Å². The molecule has 1 aromatic heterocycles. The van der Waals surface area contributed by atoms with Crippen LogP contribution in [0.2, 0.25) is 0 Å². The topological polar surface area (TPSA) is 32.3 Å². The molecule has 1 aliphatic rings. The lowest BCUT2D eigenvalue weighted by Crippen LogP contribution is -2.42. The summed E-state index contributed by atoms with van der Waals surface area (Å²) in [6.07, 6.45) is 2.41. The van der Waals surface area contributed by atoms with Crippen LogP contribution in [0.15, 0.2) is 46.7 Å². The van der Waals surface area contributed by atoms with Gasteiger partial charge in [0.2, 0.25) is 5.91 Å². The summed E-state index contributed by atoms with van der Waals surface area (Å²) in [7, 11) is 0. The molecular weight excluding hydrogens is 367 g/mol. The van der Waals surface area contributed by atoms with Gasteiger partial charge >= 0.3 is 0 Å². The van der Waals surface area contributed by atoms with E-state index in [1.807, 2.05) is 0 Å². The van der Waals surface area contributed by atoms with Crippen LogP contribution in [0.1, 0.15) is 30.7 Å². The van der Waals surface area contributed by atoms with Gasteiger partial charge in [-0.05, 0) is 55.4 Å². The van der Waals surface area contributed by atoms with Crippen LogP contribution in [0.25, 0.3) is 0 Å². The van der Waals surface area contributed by atoms with Crippen LogP contribution in [0.5, 0.6) is 0 Å². The van der Waals surface area contributed by atoms with Crippen molar-refractivity contribution in [3.8, 4) is 0 Å².